The van der Waals surface area contributed by atoms with Crippen LogP contribution in [0.1, 0.15) is 15.4 Å². The van der Waals surface area contributed by atoms with Crippen LogP contribution in [0.2, 0.25) is 5.02 Å². The van der Waals surface area contributed by atoms with Crippen LogP contribution >= 0.6 is 34.7 Å². The number of anilines is 1. The van der Waals surface area contributed by atoms with Gasteiger partial charge in [-0.05, 0) is 42.0 Å². The number of carbonyl (C=O) groups excluding carboxylic acids is 2. The van der Waals surface area contributed by atoms with Gasteiger partial charge in [0.15, 0.2) is 4.34 Å². The van der Waals surface area contributed by atoms with Crippen molar-refractivity contribution in [2.45, 2.75) is 10.9 Å². The molecular weight excluding hydrogens is 423 g/mol. The monoisotopic (exact) mass is 436 g/mol. The fraction of sp³-hybridized carbons (Fsp3) is 0.111. The number of aromatic nitrogens is 2. The highest BCUT2D eigenvalue weighted by molar-refractivity contribution is 8.01. The van der Waals surface area contributed by atoms with Crippen molar-refractivity contribution in [2.75, 3.05) is 11.1 Å². The third-order valence-electron chi connectivity index (χ3n) is 3.43. The van der Waals surface area contributed by atoms with E-state index in [9.17, 15) is 14.0 Å². The zero-order valence-electron chi connectivity index (χ0n) is 14.3. The second-order valence-corrected chi connectivity index (χ2v) is 8.16. The highest BCUT2D eigenvalue weighted by Gasteiger charge is 2.14. The molecule has 1 heterocycles. The third kappa shape index (κ3) is 6.01. The van der Waals surface area contributed by atoms with Crippen molar-refractivity contribution < 1.29 is 14.0 Å². The Labute approximate surface area is 173 Å². The number of rotatable bonds is 7. The zero-order chi connectivity index (χ0) is 19.9. The van der Waals surface area contributed by atoms with E-state index in [1.807, 2.05) is 0 Å². The van der Waals surface area contributed by atoms with Gasteiger partial charge >= 0.3 is 0 Å². The van der Waals surface area contributed by atoms with Gasteiger partial charge in [0.25, 0.3) is 5.91 Å². The van der Waals surface area contributed by atoms with Gasteiger partial charge in [-0.3, -0.25) is 9.59 Å². The molecule has 6 nitrogen and oxygen atoms in total. The summed E-state index contributed by atoms with van der Waals surface area (Å²) >= 11 is 8.10. The minimum Gasteiger partial charge on any atom is -0.351 e. The molecule has 0 spiro atoms. The standard InChI is InChI=1S/C18H14ClFN4O2S2/c19-12-3-7-14(8-4-12)22-16(26)17-23-24-18(28-17)27-10-15(25)21-9-11-1-5-13(20)6-2-11/h1-8H,9-10H2,(H,21,25)(H,22,26). The lowest BCUT2D eigenvalue weighted by Crippen LogP contribution is -2.24. The van der Waals surface area contributed by atoms with Crippen molar-refractivity contribution in [1.29, 1.82) is 0 Å². The van der Waals surface area contributed by atoms with E-state index in [1.54, 1.807) is 36.4 Å². The molecule has 0 saturated carbocycles. The number of halogens is 2. The molecule has 28 heavy (non-hydrogen) atoms. The number of hydrogen-bond donors (Lipinski definition) is 2. The van der Waals surface area contributed by atoms with Crippen molar-refractivity contribution in [3.8, 4) is 0 Å². The van der Waals surface area contributed by atoms with E-state index < -0.39 is 0 Å². The zero-order valence-corrected chi connectivity index (χ0v) is 16.7. The summed E-state index contributed by atoms with van der Waals surface area (Å²) in [6, 6.07) is 12.6. The van der Waals surface area contributed by atoms with Crippen LogP contribution in [0.5, 0.6) is 0 Å². The lowest BCUT2D eigenvalue weighted by Gasteiger charge is -2.04. The molecule has 0 fully saturated rings. The summed E-state index contributed by atoms with van der Waals surface area (Å²) in [6.07, 6.45) is 0. The lowest BCUT2D eigenvalue weighted by atomic mass is 10.2. The fourth-order valence-corrected chi connectivity index (χ4v) is 3.76. The highest BCUT2D eigenvalue weighted by atomic mass is 35.5. The smallest absolute Gasteiger partial charge is 0.286 e. The summed E-state index contributed by atoms with van der Waals surface area (Å²) in [6.45, 7) is 0.310. The van der Waals surface area contributed by atoms with Gasteiger partial charge in [-0.15, -0.1) is 10.2 Å². The average molecular weight is 437 g/mol. The second-order valence-electron chi connectivity index (χ2n) is 5.53. The molecule has 10 heteroatoms. The van der Waals surface area contributed by atoms with Gasteiger partial charge in [0.2, 0.25) is 10.9 Å². The van der Waals surface area contributed by atoms with Crippen LogP contribution in [-0.2, 0) is 11.3 Å². The molecule has 0 atom stereocenters. The molecule has 0 aliphatic rings. The van der Waals surface area contributed by atoms with E-state index in [-0.39, 0.29) is 28.4 Å². The quantitative estimate of drug-likeness (QED) is 0.547. The second kappa shape index (κ2) is 9.63. The van der Waals surface area contributed by atoms with Crippen LogP contribution in [0, 0.1) is 5.82 Å². The maximum atomic E-state index is 12.9. The molecule has 0 aliphatic heterocycles. The number of thioether (sulfide) groups is 1. The summed E-state index contributed by atoms with van der Waals surface area (Å²) in [5.41, 5.74) is 1.40. The van der Waals surface area contributed by atoms with E-state index >= 15 is 0 Å². The van der Waals surface area contributed by atoms with E-state index in [1.165, 1.54) is 23.9 Å². The van der Waals surface area contributed by atoms with Crippen LogP contribution < -0.4 is 10.6 Å². The van der Waals surface area contributed by atoms with Gasteiger partial charge in [0.05, 0.1) is 5.75 Å². The lowest BCUT2D eigenvalue weighted by molar-refractivity contribution is -0.118. The Bertz CT molecular complexity index is 964. The van der Waals surface area contributed by atoms with E-state index in [2.05, 4.69) is 20.8 Å². The molecule has 2 aromatic carbocycles. The summed E-state index contributed by atoms with van der Waals surface area (Å²) < 4.78 is 13.4. The maximum Gasteiger partial charge on any atom is 0.286 e. The van der Waals surface area contributed by atoms with Crippen molar-refractivity contribution in [3.63, 3.8) is 0 Å². The third-order valence-corrected chi connectivity index (χ3v) is 5.74. The summed E-state index contributed by atoms with van der Waals surface area (Å²) in [7, 11) is 0. The minimum absolute atomic E-state index is 0.134. The first-order valence-electron chi connectivity index (χ1n) is 8.04. The molecule has 2 amide bonds. The van der Waals surface area contributed by atoms with Gasteiger partial charge in [0, 0.05) is 17.3 Å². The van der Waals surface area contributed by atoms with Crippen LogP contribution in [0.15, 0.2) is 52.9 Å². The predicted octanol–water partition coefficient (Wildman–Crippen LogP) is 3.99. The normalized spacial score (nSPS) is 10.5. The topological polar surface area (TPSA) is 84.0 Å². The molecular formula is C18H14ClFN4O2S2. The van der Waals surface area contributed by atoms with Gasteiger partial charge in [-0.1, -0.05) is 46.8 Å². The number of amides is 2. The number of nitrogens with zero attached hydrogens (tertiary/aromatic N) is 2. The largest absolute Gasteiger partial charge is 0.351 e. The first-order chi connectivity index (χ1) is 13.5. The fourth-order valence-electron chi connectivity index (χ4n) is 2.06. The van der Waals surface area contributed by atoms with Gasteiger partial charge in [-0.2, -0.15) is 0 Å². The molecule has 1 aromatic heterocycles. The molecule has 3 aromatic rings. The first kappa shape index (κ1) is 20.2. The first-order valence-corrected chi connectivity index (χ1v) is 10.2. The summed E-state index contributed by atoms with van der Waals surface area (Å²) in [5.74, 6) is -0.767. The Morgan fingerprint density at radius 1 is 1.07 bits per heavy atom. The molecule has 0 radical (unpaired) electrons. The SMILES string of the molecule is O=C(CSc1nnc(C(=O)Nc2ccc(Cl)cc2)s1)NCc1ccc(F)cc1. The van der Waals surface area contributed by atoms with Crippen LogP contribution in [0.25, 0.3) is 0 Å². The minimum atomic E-state index is -0.382. The molecule has 144 valence electrons. The molecule has 0 bridgehead atoms. The van der Waals surface area contributed by atoms with E-state index in [4.69, 9.17) is 11.6 Å². The Morgan fingerprint density at radius 2 is 1.79 bits per heavy atom. The Balaban J connectivity index is 1.45. The van der Waals surface area contributed by atoms with Crippen LogP contribution in [-0.4, -0.2) is 27.8 Å². The average Bonchev–Trinajstić information content (AvgIpc) is 3.17. The van der Waals surface area contributed by atoms with E-state index in [0.29, 0.717) is 21.6 Å². The molecule has 0 aliphatic carbocycles. The van der Waals surface area contributed by atoms with Crippen molar-refractivity contribution >= 4 is 52.2 Å². The number of benzene rings is 2. The van der Waals surface area contributed by atoms with Crippen LogP contribution in [0.4, 0.5) is 10.1 Å². The van der Waals surface area contributed by atoms with Crippen molar-refractivity contribution in [2.24, 2.45) is 0 Å². The number of nitrogens with one attached hydrogen (secondary N) is 2. The van der Waals surface area contributed by atoms with E-state index in [0.717, 1.165) is 16.9 Å². The van der Waals surface area contributed by atoms with Gasteiger partial charge in [0.1, 0.15) is 5.82 Å². The molecule has 2 N–H and O–H groups in total. The number of hydrogen-bond acceptors (Lipinski definition) is 6. The molecule has 0 saturated heterocycles. The Kier molecular flexibility index (Phi) is 6.96. The Hall–Kier alpha value is -2.49. The van der Waals surface area contributed by atoms with Gasteiger partial charge in [-0.25, -0.2) is 4.39 Å². The Morgan fingerprint density at radius 3 is 2.50 bits per heavy atom. The highest BCUT2D eigenvalue weighted by Crippen LogP contribution is 2.23. The van der Waals surface area contributed by atoms with Gasteiger partial charge < -0.3 is 10.6 Å². The van der Waals surface area contributed by atoms with Crippen molar-refractivity contribution in [3.05, 3.63) is 69.9 Å². The number of carbonyl (C=O) groups is 2. The van der Waals surface area contributed by atoms with Crippen molar-refractivity contribution in [1.82, 2.24) is 15.5 Å². The summed E-state index contributed by atoms with van der Waals surface area (Å²) in [4.78, 5) is 24.1. The van der Waals surface area contributed by atoms with Crippen LogP contribution in [0.3, 0.4) is 0 Å². The molecule has 3 rings (SSSR count). The maximum absolute atomic E-state index is 12.9. The predicted molar refractivity (Wildman–Crippen MR) is 108 cm³/mol. The molecule has 0 unspecified atom stereocenters. The summed E-state index contributed by atoms with van der Waals surface area (Å²) in [5, 5.41) is 14.0.